The minimum absolute atomic E-state index is 0.0159. The van der Waals surface area contributed by atoms with Crippen molar-refractivity contribution >= 4 is 34.4 Å². The molecule has 2 N–H and O–H groups in total. The topological polar surface area (TPSA) is 74.8 Å². The highest BCUT2D eigenvalue weighted by Gasteiger charge is 2.24. The third-order valence-corrected chi connectivity index (χ3v) is 6.07. The molecule has 0 radical (unpaired) electrons. The fourth-order valence-corrected chi connectivity index (χ4v) is 4.24. The number of carbonyl (C=O) groups is 2. The molecule has 2 aromatic heterocycles. The maximum Gasteiger partial charge on any atom is 0.228 e. The molecule has 5 rings (SSSR count). The molecule has 0 atom stereocenters. The van der Waals surface area contributed by atoms with E-state index in [-0.39, 0.29) is 17.1 Å². The van der Waals surface area contributed by atoms with Crippen molar-refractivity contribution in [3.05, 3.63) is 89.3 Å². The summed E-state index contributed by atoms with van der Waals surface area (Å²) >= 11 is 0. The van der Waals surface area contributed by atoms with Crippen LogP contribution in [0.4, 0.5) is 5.69 Å². The van der Waals surface area contributed by atoms with E-state index in [0.717, 1.165) is 39.0 Å². The summed E-state index contributed by atoms with van der Waals surface area (Å²) in [5, 5.41) is 4.10. The van der Waals surface area contributed by atoms with Gasteiger partial charge in [-0.05, 0) is 64.6 Å². The highest BCUT2D eigenvalue weighted by molar-refractivity contribution is 6.08. The van der Waals surface area contributed by atoms with Crippen molar-refractivity contribution in [2.75, 3.05) is 5.32 Å². The molecule has 33 heavy (non-hydrogen) atoms. The van der Waals surface area contributed by atoms with Crippen LogP contribution in [0, 0.1) is 0 Å². The molecule has 0 saturated heterocycles. The second kappa shape index (κ2) is 7.85. The summed E-state index contributed by atoms with van der Waals surface area (Å²) in [6.45, 7) is 6.56. The van der Waals surface area contributed by atoms with Crippen LogP contribution in [-0.4, -0.2) is 21.7 Å². The average molecular weight is 436 g/mol. The predicted molar refractivity (Wildman–Crippen MR) is 132 cm³/mol. The normalized spacial score (nSPS) is 13.5. The molecule has 4 aromatic rings. The van der Waals surface area contributed by atoms with E-state index < -0.39 is 0 Å². The first kappa shape index (κ1) is 20.9. The largest absolute Gasteiger partial charge is 0.354 e. The Kier molecular flexibility index (Phi) is 4.97. The van der Waals surface area contributed by atoms with E-state index >= 15 is 0 Å². The lowest BCUT2D eigenvalue weighted by molar-refractivity contribution is -0.115. The number of fused-ring (bicyclic) bond motifs is 5. The van der Waals surface area contributed by atoms with Gasteiger partial charge in [0.2, 0.25) is 5.91 Å². The van der Waals surface area contributed by atoms with Gasteiger partial charge < -0.3 is 10.3 Å². The van der Waals surface area contributed by atoms with Crippen LogP contribution < -0.4 is 5.32 Å². The summed E-state index contributed by atoms with van der Waals surface area (Å²) in [6.07, 6.45) is 6.85. The molecule has 1 amide bonds. The molecular formula is C28H25N3O2. The van der Waals surface area contributed by atoms with Gasteiger partial charge in [-0.3, -0.25) is 14.6 Å². The summed E-state index contributed by atoms with van der Waals surface area (Å²) in [7, 11) is 0. The number of nitrogens with zero attached hydrogens (tertiary/aromatic N) is 1. The zero-order valence-corrected chi connectivity index (χ0v) is 18.9. The maximum absolute atomic E-state index is 12.7. The number of rotatable bonds is 3. The van der Waals surface area contributed by atoms with Gasteiger partial charge in [-0.2, -0.15) is 0 Å². The van der Waals surface area contributed by atoms with E-state index in [1.807, 2.05) is 18.2 Å². The Morgan fingerprint density at radius 1 is 1.09 bits per heavy atom. The number of carbonyl (C=O) groups excluding carboxylic acids is 2. The van der Waals surface area contributed by atoms with Crippen molar-refractivity contribution in [1.29, 1.82) is 0 Å². The van der Waals surface area contributed by atoms with Crippen LogP contribution in [0.25, 0.3) is 28.2 Å². The zero-order chi connectivity index (χ0) is 23.2. The number of amides is 1. The van der Waals surface area contributed by atoms with Gasteiger partial charge in [-0.25, -0.2) is 0 Å². The number of benzene rings is 2. The van der Waals surface area contributed by atoms with Gasteiger partial charge in [0.15, 0.2) is 5.78 Å². The maximum atomic E-state index is 12.7. The number of H-pyrrole nitrogens is 1. The van der Waals surface area contributed by atoms with Crippen molar-refractivity contribution in [1.82, 2.24) is 9.97 Å². The molecule has 1 aliphatic heterocycles. The molecule has 164 valence electrons. The van der Waals surface area contributed by atoms with Crippen LogP contribution in [0.15, 0.2) is 67.0 Å². The highest BCUT2D eigenvalue weighted by Crippen LogP contribution is 2.39. The Morgan fingerprint density at radius 2 is 1.94 bits per heavy atom. The number of aromatic nitrogens is 2. The molecule has 0 bridgehead atoms. The van der Waals surface area contributed by atoms with Crippen LogP contribution >= 0.6 is 0 Å². The Balaban J connectivity index is 1.59. The summed E-state index contributed by atoms with van der Waals surface area (Å²) < 4.78 is 0. The van der Waals surface area contributed by atoms with Gasteiger partial charge in [0, 0.05) is 34.4 Å². The van der Waals surface area contributed by atoms with Crippen molar-refractivity contribution in [3.8, 4) is 11.3 Å². The first-order valence-corrected chi connectivity index (χ1v) is 11.0. The lowest BCUT2D eigenvalue weighted by Gasteiger charge is -2.19. The summed E-state index contributed by atoms with van der Waals surface area (Å²) in [5.74, 6) is -0.139. The molecule has 1 aliphatic rings. The van der Waals surface area contributed by atoms with Crippen LogP contribution in [0.5, 0.6) is 0 Å². The van der Waals surface area contributed by atoms with Crippen molar-refractivity contribution < 1.29 is 9.59 Å². The van der Waals surface area contributed by atoms with Crippen molar-refractivity contribution in [2.45, 2.75) is 32.6 Å². The Hall–Kier alpha value is -3.99. The molecular weight excluding hydrogens is 410 g/mol. The fourth-order valence-electron chi connectivity index (χ4n) is 4.24. The second-order valence-corrected chi connectivity index (χ2v) is 9.46. The first-order chi connectivity index (χ1) is 15.8. The number of aromatic amines is 1. The lowest BCUT2D eigenvalue weighted by Crippen LogP contribution is -2.13. The summed E-state index contributed by atoms with van der Waals surface area (Å²) in [5.41, 5.74) is 7.30. The Labute approximate surface area is 192 Å². The van der Waals surface area contributed by atoms with E-state index in [4.69, 9.17) is 0 Å². The first-order valence-electron chi connectivity index (χ1n) is 11.0. The number of ketones is 1. The van der Waals surface area contributed by atoms with Crippen molar-refractivity contribution in [2.24, 2.45) is 0 Å². The van der Waals surface area contributed by atoms with Gasteiger partial charge in [-0.15, -0.1) is 0 Å². The van der Waals surface area contributed by atoms with E-state index in [1.54, 1.807) is 36.7 Å². The second-order valence-electron chi connectivity index (χ2n) is 9.46. The molecule has 0 spiro atoms. The molecule has 5 heteroatoms. The number of hydrogen-bond acceptors (Lipinski definition) is 3. The van der Waals surface area contributed by atoms with Gasteiger partial charge in [0.1, 0.15) is 0 Å². The lowest BCUT2D eigenvalue weighted by atomic mass is 9.86. The van der Waals surface area contributed by atoms with Crippen LogP contribution in [-0.2, 0) is 16.6 Å². The average Bonchev–Trinajstić information content (AvgIpc) is 3.08. The number of allylic oxidation sites excluding steroid dienone is 1. The molecule has 0 fully saturated rings. The van der Waals surface area contributed by atoms with E-state index in [1.165, 1.54) is 5.56 Å². The van der Waals surface area contributed by atoms with E-state index in [9.17, 15) is 9.59 Å². The Morgan fingerprint density at radius 3 is 2.70 bits per heavy atom. The van der Waals surface area contributed by atoms with Gasteiger partial charge in [0.25, 0.3) is 0 Å². The smallest absolute Gasteiger partial charge is 0.228 e. The molecule has 0 unspecified atom stereocenters. The summed E-state index contributed by atoms with van der Waals surface area (Å²) in [4.78, 5) is 32.7. The van der Waals surface area contributed by atoms with Gasteiger partial charge >= 0.3 is 0 Å². The van der Waals surface area contributed by atoms with Gasteiger partial charge in [0.05, 0.1) is 17.8 Å². The third-order valence-electron chi connectivity index (χ3n) is 6.07. The number of pyridine rings is 1. The number of hydrogen-bond donors (Lipinski definition) is 2. The molecule has 2 aromatic carbocycles. The SMILES string of the molecule is CC(C)(C)c1ccc2[nH]c3c(c2c1)CC(=O)Nc1ccc(/C=C/C(=O)c2cccnc2)cc1-3. The highest BCUT2D eigenvalue weighted by atomic mass is 16.1. The monoisotopic (exact) mass is 435 g/mol. The molecule has 5 nitrogen and oxygen atoms in total. The molecule has 0 aliphatic carbocycles. The quantitative estimate of drug-likeness (QED) is 0.310. The summed E-state index contributed by atoms with van der Waals surface area (Å²) in [6, 6.07) is 15.7. The van der Waals surface area contributed by atoms with Gasteiger partial charge in [-0.1, -0.05) is 39.0 Å². The van der Waals surface area contributed by atoms with E-state index in [2.05, 4.69) is 54.3 Å². The minimum atomic E-state index is -0.104. The Bertz CT molecular complexity index is 1420. The molecule has 3 heterocycles. The van der Waals surface area contributed by atoms with Crippen molar-refractivity contribution in [3.63, 3.8) is 0 Å². The van der Waals surface area contributed by atoms with E-state index in [0.29, 0.717) is 12.0 Å². The van der Waals surface area contributed by atoms with Crippen LogP contribution in [0.2, 0.25) is 0 Å². The number of anilines is 1. The zero-order valence-electron chi connectivity index (χ0n) is 18.9. The molecule has 0 saturated carbocycles. The predicted octanol–water partition coefficient (Wildman–Crippen LogP) is 5.92. The van der Waals surface area contributed by atoms with Crippen LogP contribution in [0.1, 0.15) is 47.8 Å². The van der Waals surface area contributed by atoms with Crippen LogP contribution in [0.3, 0.4) is 0 Å². The number of nitrogens with one attached hydrogen (secondary N) is 2. The minimum Gasteiger partial charge on any atom is -0.354 e. The third kappa shape index (κ3) is 3.98. The standard InChI is InChI=1S/C28H25N3O2/c1-28(2,3)19-8-10-23-20(14-19)21-15-26(33)30-24-9-6-17(13-22(24)27(21)31-23)7-11-25(32)18-5-4-12-29-16-18/h4-14,16,31H,15H2,1-3H3,(H,30,33)/b11-7+. The fraction of sp³-hybridized carbons (Fsp3) is 0.179.